The van der Waals surface area contributed by atoms with Crippen molar-refractivity contribution in [2.24, 2.45) is 0 Å². The van der Waals surface area contributed by atoms with E-state index in [0.29, 0.717) is 5.02 Å². The van der Waals surface area contributed by atoms with Crippen LogP contribution in [0, 0.1) is 0 Å². The highest BCUT2D eigenvalue weighted by Gasteiger charge is 2.07. The maximum Gasteiger partial charge on any atom is 0.271 e. The summed E-state index contributed by atoms with van der Waals surface area (Å²) < 4.78 is 0. The van der Waals surface area contributed by atoms with E-state index >= 15 is 0 Å². The number of carbonyl (C=O) groups is 1. The maximum atomic E-state index is 11.0. The molecule has 1 aromatic heterocycles. The van der Waals surface area contributed by atoms with Crippen molar-refractivity contribution in [1.29, 1.82) is 0 Å². The van der Waals surface area contributed by atoms with Gasteiger partial charge in [0.25, 0.3) is 5.91 Å². The first-order valence-corrected chi connectivity index (χ1v) is 3.46. The van der Waals surface area contributed by atoms with Gasteiger partial charge in [0.15, 0.2) is 0 Å². The smallest absolute Gasteiger partial charge is 0.271 e. The molecule has 0 saturated carbocycles. The molecule has 1 rings (SSSR count). The van der Waals surface area contributed by atoms with Crippen LogP contribution >= 0.6 is 24.0 Å². The monoisotopic (exact) mass is 206 g/mol. The largest absolute Gasteiger partial charge is 0.354 e. The van der Waals surface area contributed by atoms with E-state index in [9.17, 15) is 4.79 Å². The van der Waals surface area contributed by atoms with Crippen LogP contribution in [0.15, 0.2) is 18.3 Å². The number of amides is 1. The average molecular weight is 207 g/mol. The molecule has 0 aliphatic rings. The summed E-state index contributed by atoms with van der Waals surface area (Å²) in [6, 6.07) is 3.30. The molecule has 0 unspecified atom stereocenters. The summed E-state index contributed by atoms with van der Waals surface area (Å²) in [5, 5.41) is 2.80. The number of nitrogens with one attached hydrogen (secondary N) is 1. The minimum Gasteiger partial charge on any atom is -0.354 e. The molecule has 0 bridgehead atoms. The number of halogens is 2. The van der Waals surface area contributed by atoms with E-state index in [1.54, 1.807) is 12.1 Å². The van der Waals surface area contributed by atoms with Crippen LogP contribution in [0.3, 0.4) is 0 Å². The molecule has 0 radical (unpaired) electrons. The van der Waals surface area contributed by atoms with E-state index in [2.05, 4.69) is 10.3 Å². The van der Waals surface area contributed by atoms with Crippen LogP contribution in [0.25, 0.3) is 0 Å². The Morgan fingerprint density at radius 2 is 2.33 bits per heavy atom. The number of carbonyl (C=O) groups excluding carboxylic acids is 1. The van der Waals surface area contributed by atoms with Crippen molar-refractivity contribution in [3.8, 4) is 0 Å². The minimum atomic E-state index is -0.268. The van der Waals surface area contributed by atoms with E-state index in [1.807, 2.05) is 0 Å². The van der Waals surface area contributed by atoms with Crippen LogP contribution < -0.4 is 5.32 Å². The molecule has 1 aromatic rings. The molecule has 0 aliphatic carbocycles. The second-order valence-corrected chi connectivity index (χ2v) is 2.32. The standard InChI is InChI=1S/C7H7ClN2O.ClH/c1-9-7(11)6-5(8)3-2-4-10-6;/h2-4H,1H3,(H,9,11);1H. The number of rotatable bonds is 1. The zero-order valence-corrected chi connectivity index (χ0v) is 7.95. The highest BCUT2D eigenvalue weighted by molar-refractivity contribution is 6.33. The van der Waals surface area contributed by atoms with E-state index in [-0.39, 0.29) is 24.0 Å². The third-order valence-electron chi connectivity index (χ3n) is 1.20. The van der Waals surface area contributed by atoms with Gasteiger partial charge < -0.3 is 5.32 Å². The SMILES string of the molecule is CNC(=O)c1ncccc1Cl.Cl. The molecule has 0 saturated heterocycles. The molecule has 1 heterocycles. The summed E-state index contributed by atoms with van der Waals surface area (Å²) in [5.74, 6) is -0.268. The highest BCUT2D eigenvalue weighted by Crippen LogP contribution is 2.10. The lowest BCUT2D eigenvalue weighted by Gasteiger charge is -1.98. The van der Waals surface area contributed by atoms with Gasteiger partial charge >= 0.3 is 0 Å². The first-order chi connectivity index (χ1) is 5.25. The van der Waals surface area contributed by atoms with E-state index in [0.717, 1.165) is 0 Å². The Bertz CT molecular complexity index is 278. The third-order valence-corrected chi connectivity index (χ3v) is 1.51. The highest BCUT2D eigenvalue weighted by atomic mass is 35.5. The molecule has 1 amide bonds. The lowest BCUT2D eigenvalue weighted by Crippen LogP contribution is -2.19. The van der Waals surface area contributed by atoms with Gasteiger partial charge in [-0.25, -0.2) is 4.98 Å². The molecule has 0 atom stereocenters. The van der Waals surface area contributed by atoms with Crippen molar-refractivity contribution < 1.29 is 4.79 Å². The maximum absolute atomic E-state index is 11.0. The number of aromatic nitrogens is 1. The summed E-state index contributed by atoms with van der Waals surface area (Å²) in [4.78, 5) is 14.8. The molecule has 0 fully saturated rings. The zero-order chi connectivity index (χ0) is 8.27. The van der Waals surface area contributed by atoms with Crippen molar-refractivity contribution in [1.82, 2.24) is 10.3 Å². The number of hydrogen-bond donors (Lipinski definition) is 1. The molecule has 66 valence electrons. The lowest BCUT2D eigenvalue weighted by molar-refractivity contribution is 0.0958. The molecule has 1 N–H and O–H groups in total. The van der Waals surface area contributed by atoms with Crippen molar-refractivity contribution in [2.45, 2.75) is 0 Å². The minimum absolute atomic E-state index is 0. The first kappa shape index (κ1) is 11.2. The molecular formula is C7H8Cl2N2O. The summed E-state index contributed by atoms with van der Waals surface area (Å²) in [6.07, 6.45) is 1.52. The van der Waals surface area contributed by atoms with Crippen molar-refractivity contribution in [3.05, 3.63) is 29.0 Å². The van der Waals surface area contributed by atoms with Crippen LogP contribution in [0.5, 0.6) is 0 Å². The number of pyridine rings is 1. The van der Waals surface area contributed by atoms with E-state index in [4.69, 9.17) is 11.6 Å². The average Bonchev–Trinajstić information content (AvgIpc) is 2.04. The Kier molecular flexibility index (Phi) is 4.62. The van der Waals surface area contributed by atoms with Gasteiger partial charge in [0.05, 0.1) is 5.02 Å². The fraction of sp³-hybridized carbons (Fsp3) is 0.143. The van der Waals surface area contributed by atoms with Gasteiger partial charge in [-0.05, 0) is 12.1 Å². The second-order valence-electron chi connectivity index (χ2n) is 1.91. The molecule has 0 aliphatic heterocycles. The fourth-order valence-electron chi connectivity index (χ4n) is 0.671. The Morgan fingerprint density at radius 3 is 2.83 bits per heavy atom. The summed E-state index contributed by atoms with van der Waals surface area (Å²) in [5.41, 5.74) is 0.261. The van der Waals surface area contributed by atoms with Crippen molar-refractivity contribution in [2.75, 3.05) is 7.05 Å². The van der Waals surface area contributed by atoms with E-state index in [1.165, 1.54) is 13.2 Å². The molecule has 3 nitrogen and oxygen atoms in total. The molecule has 0 aromatic carbocycles. The van der Waals surface area contributed by atoms with Crippen LogP contribution in [-0.4, -0.2) is 17.9 Å². The summed E-state index contributed by atoms with van der Waals surface area (Å²) in [6.45, 7) is 0. The Hall–Kier alpha value is -0.800. The predicted molar refractivity (Wildman–Crippen MR) is 49.9 cm³/mol. The van der Waals surface area contributed by atoms with Gasteiger partial charge in [0.1, 0.15) is 5.69 Å². The van der Waals surface area contributed by atoms with Crippen LogP contribution in [0.2, 0.25) is 5.02 Å². The Balaban J connectivity index is 0.00000121. The van der Waals surface area contributed by atoms with Crippen molar-refractivity contribution in [3.63, 3.8) is 0 Å². The fourth-order valence-corrected chi connectivity index (χ4v) is 0.879. The predicted octanol–water partition coefficient (Wildman–Crippen LogP) is 1.52. The van der Waals surface area contributed by atoms with Gasteiger partial charge in [-0.15, -0.1) is 12.4 Å². The Labute approximate surface area is 81.5 Å². The molecule has 12 heavy (non-hydrogen) atoms. The molecule has 0 spiro atoms. The van der Waals surface area contributed by atoms with Gasteiger partial charge in [-0.3, -0.25) is 4.79 Å². The quantitative estimate of drug-likeness (QED) is 0.758. The lowest BCUT2D eigenvalue weighted by atomic mass is 10.3. The summed E-state index contributed by atoms with van der Waals surface area (Å²) in [7, 11) is 1.54. The van der Waals surface area contributed by atoms with Crippen LogP contribution in [0.1, 0.15) is 10.5 Å². The number of nitrogens with zero attached hydrogens (tertiary/aromatic N) is 1. The van der Waals surface area contributed by atoms with Crippen molar-refractivity contribution >= 4 is 29.9 Å². The van der Waals surface area contributed by atoms with Crippen LogP contribution in [0.4, 0.5) is 0 Å². The molecule has 5 heteroatoms. The summed E-state index contributed by atoms with van der Waals surface area (Å²) >= 11 is 5.67. The third kappa shape index (κ3) is 2.36. The topological polar surface area (TPSA) is 42.0 Å². The van der Waals surface area contributed by atoms with Crippen LogP contribution in [-0.2, 0) is 0 Å². The van der Waals surface area contributed by atoms with Gasteiger partial charge in [0, 0.05) is 13.2 Å². The van der Waals surface area contributed by atoms with Gasteiger partial charge in [0.2, 0.25) is 0 Å². The van der Waals surface area contributed by atoms with Gasteiger partial charge in [-0.2, -0.15) is 0 Å². The second kappa shape index (κ2) is 4.95. The zero-order valence-electron chi connectivity index (χ0n) is 6.37. The molecular weight excluding hydrogens is 199 g/mol. The first-order valence-electron chi connectivity index (χ1n) is 3.08. The van der Waals surface area contributed by atoms with Gasteiger partial charge in [-0.1, -0.05) is 11.6 Å². The Morgan fingerprint density at radius 1 is 1.67 bits per heavy atom. The van der Waals surface area contributed by atoms with E-state index < -0.39 is 0 Å². The number of hydrogen-bond acceptors (Lipinski definition) is 2. The normalized spacial score (nSPS) is 8.50.